The molecular weight excluding hydrogens is 414 g/mol. The molecule has 0 aliphatic carbocycles. The molecule has 8 heteroatoms. The third-order valence-corrected chi connectivity index (χ3v) is 5.84. The molecule has 5 rings (SSSR count). The Kier molecular flexibility index (Phi) is 4.68. The van der Waals surface area contributed by atoms with Crippen molar-refractivity contribution in [1.29, 1.82) is 0 Å². The number of thiazole rings is 1. The van der Waals surface area contributed by atoms with Crippen molar-refractivity contribution in [3.63, 3.8) is 0 Å². The van der Waals surface area contributed by atoms with E-state index in [0.717, 1.165) is 16.6 Å². The highest BCUT2D eigenvalue weighted by atomic mass is 32.1. The number of hydrogen-bond acceptors (Lipinski definition) is 6. The van der Waals surface area contributed by atoms with Gasteiger partial charge >= 0.3 is 0 Å². The molecule has 0 radical (unpaired) electrons. The molecule has 0 saturated carbocycles. The molecule has 0 spiro atoms. The third-order valence-electron chi connectivity index (χ3n) is 4.87. The van der Waals surface area contributed by atoms with Gasteiger partial charge in [-0.05, 0) is 29.8 Å². The van der Waals surface area contributed by atoms with Crippen molar-refractivity contribution in [3.05, 3.63) is 109 Å². The van der Waals surface area contributed by atoms with Crippen LogP contribution in [0.25, 0.3) is 22.1 Å². The monoisotopic (exact) mass is 429 g/mol. The summed E-state index contributed by atoms with van der Waals surface area (Å²) in [6.07, 6.45) is 1.79. The van der Waals surface area contributed by atoms with E-state index in [9.17, 15) is 14.9 Å². The number of imidazole rings is 1. The summed E-state index contributed by atoms with van der Waals surface area (Å²) in [5, 5.41) is 11.0. The standard InChI is InChI=1S/C23H15N3O4S/c27-22-21(31-23-24-18-9-2-3-10-19(18)25(22)23)13-16-7-1-4-11-20(16)30-14-15-6-5-8-17(12-15)26(28)29/h1-13H,14H2. The number of nitro benzene ring substituents is 1. The molecule has 31 heavy (non-hydrogen) atoms. The number of aromatic nitrogens is 2. The van der Waals surface area contributed by atoms with Crippen LogP contribution in [0, 0.1) is 10.1 Å². The van der Waals surface area contributed by atoms with Gasteiger partial charge in [-0.15, -0.1) is 0 Å². The highest BCUT2D eigenvalue weighted by Crippen LogP contribution is 2.22. The minimum atomic E-state index is -0.433. The summed E-state index contributed by atoms with van der Waals surface area (Å²) < 4.78 is 8.10. The Bertz CT molecular complexity index is 1550. The Hall–Kier alpha value is -4.04. The summed E-state index contributed by atoms with van der Waals surface area (Å²) in [7, 11) is 0. The van der Waals surface area contributed by atoms with Gasteiger partial charge in [0.25, 0.3) is 11.2 Å². The third kappa shape index (κ3) is 3.53. The summed E-state index contributed by atoms with van der Waals surface area (Å²) in [5.74, 6) is 0.587. The van der Waals surface area contributed by atoms with Crippen molar-refractivity contribution >= 4 is 39.1 Å². The Morgan fingerprint density at radius 3 is 2.74 bits per heavy atom. The molecule has 0 saturated heterocycles. The molecule has 2 heterocycles. The molecule has 0 aliphatic heterocycles. The van der Waals surface area contributed by atoms with Crippen molar-refractivity contribution < 1.29 is 9.66 Å². The van der Waals surface area contributed by atoms with Crippen molar-refractivity contribution in [2.75, 3.05) is 0 Å². The fourth-order valence-electron chi connectivity index (χ4n) is 3.41. The van der Waals surface area contributed by atoms with E-state index in [-0.39, 0.29) is 17.9 Å². The normalized spacial score (nSPS) is 11.9. The highest BCUT2D eigenvalue weighted by Gasteiger charge is 2.12. The predicted octanol–water partition coefficient (Wildman–Crippen LogP) is 3.94. The van der Waals surface area contributed by atoms with Crippen LogP contribution in [0.5, 0.6) is 5.75 Å². The first kappa shape index (κ1) is 19.0. The van der Waals surface area contributed by atoms with Crippen molar-refractivity contribution in [1.82, 2.24) is 9.38 Å². The highest BCUT2D eigenvalue weighted by molar-refractivity contribution is 7.15. The van der Waals surface area contributed by atoms with E-state index >= 15 is 0 Å². The zero-order chi connectivity index (χ0) is 21.4. The van der Waals surface area contributed by atoms with Crippen molar-refractivity contribution in [2.45, 2.75) is 6.61 Å². The van der Waals surface area contributed by atoms with Crippen LogP contribution in [0.2, 0.25) is 0 Å². The van der Waals surface area contributed by atoms with Gasteiger partial charge in [0.15, 0.2) is 4.96 Å². The van der Waals surface area contributed by atoms with Crippen LogP contribution >= 0.6 is 11.3 Å². The van der Waals surface area contributed by atoms with Gasteiger partial charge < -0.3 is 4.74 Å². The van der Waals surface area contributed by atoms with Crippen LogP contribution in [0.15, 0.2) is 77.6 Å². The molecule has 0 atom stereocenters. The Morgan fingerprint density at radius 2 is 1.87 bits per heavy atom. The largest absolute Gasteiger partial charge is 0.488 e. The molecule has 0 N–H and O–H groups in total. The second-order valence-electron chi connectivity index (χ2n) is 6.89. The van der Waals surface area contributed by atoms with Crippen molar-refractivity contribution in [2.24, 2.45) is 0 Å². The number of non-ortho nitro benzene ring substituents is 1. The number of ether oxygens (including phenoxy) is 1. The molecule has 0 fully saturated rings. The lowest BCUT2D eigenvalue weighted by molar-refractivity contribution is -0.384. The Labute approximate surface area is 179 Å². The zero-order valence-corrected chi connectivity index (χ0v) is 16.9. The second kappa shape index (κ2) is 7.66. The van der Waals surface area contributed by atoms with Crippen LogP contribution in [-0.2, 0) is 6.61 Å². The average molecular weight is 429 g/mol. The number of nitrogens with zero attached hydrogens (tertiary/aromatic N) is 3. The first-order valence-electron chi connectivity index (χ1n) is 9.47. The predicted molar refractivity (Wildman–Crippen MR) is 120 cm³/mol. The van der Waals surface area contributed by atoms with Gasteiger partial charge in [0, 0.05) is 17.7 Å². The van der Waals surface area contributed by atoms with Gasteiger partial charge in [-0.25, -0.2) is 9.38 Å². The fourth-order valence-corrected chi connectivity index (χ4v) is 4.38. The van der Waals surface area contributed by atoms with Crippen LogP contribution in [-0.4, -0.2) is 14.3 Å². The molecule has 0 unspecified atom stereocenters. The number of rotatable bonds is 5. The average Bonchev–Trinajstić information content (AvgIpc) is 3.29. The Balaban J connectivity index is 1.50. The lowest BCUT2D eigenvalue weighted by Crippen LogP contribution is -2.22. The second-order valence-corrected chi connectivity index (χ2v) is 7.90. The topological polar surface area (TPSA) is 86.7 Å². The summed E-state index contributed by atoms with van der Waals surface area (Å²) >= 11 is 1.33. The maximum absolute atomic E-state index is 13.0. The summed E-state index contributed by atoms with van der Waals surface area (Å²) in [6, 6.07) is 21.2. The molecular formula is C23H15N3O4S. The minimum Gasteiger partial charge on any atom is -0.488 e. The van der Waals surface area contributed by atoms with Gasteiger partial charge in [0.1, 0.15) is 12.4 Å². The van der Waals surface area contributed by atoms with Crippen LogP contribution in [0.3, 0.4) is 0 Å². The summed E-state index contributed by atoms with van der Waals surface area (Å²) in [4.78, 5) is 28.7. The van der Waals surface area contributed by atoms with E-state index in [4.69, 9.17) is 4.74 Å². The van der Waals surface area contributed by atoms with E-state index in [0.29, 0.717) is 20.8 Å². The summed E-state index contributed by atoms with van der Waals surface area (Å²) in [6.45, 7) is 0.176. The van der Waals surface area contributed by atoms with E-state index < -0.39 is 4.92 Å². The van der Waals surface area contributed by atoms with Crippen LogP contribution in [0.1, 0.15) is 11.1 Å². The van der Waals surface area contributed by atoms with Gasteiger partial charge in [-0.1, -0.05) is 53.8 Å². The molecule has 2 aromatic heterocycles. The molecule has 0 amide bonds. The van der Waals surface area contributed by atoms with E-state index in [1.165, 1.54) is 23.5 Å². The molecule has 152 valence electrons. The lowest BCUT2D eigenvalue weighted by atomic mass is 10.2. The first-order valence-corrected chi connectivity index (χ1v) is 10.3. The van der Waals surface area contributed by atoms with E-state index in [1.54, 1.807) is 22.6 Å². The fraction of sp³-hybridized carbons (Fsp3) is 0.0435. The zero-order valence-electron chi connectivity index (χ0n) is 16.1. The quantitative estimate of drug-likeness (QED) is 0.312. The summed E-state index contributed by atoms with van der Waals surface area (Å²) in [5.41, 5.74) is 2.91. The molecule has 5 aromatic rings. The van der Waals surface area contributed by atoms with Gasteiger partial charge in [-0.2, -0.15) is 0 Å². The molecule has 0 aliphatic rings. The number of nitro groups is 1. The maximum Gasteiger partial charge on any atom is 0.274 e. The Morgan fingerprint density at radius 1 is 1.06 bits per heavy atom. The molecule has 7 nitrogen and oxygen atoms in total. The van der Waals surface area contributed by atoms with Gasteiger partial charge in [0.05, 0.1) is 20.5 Å². The van der Waals surface area contributed by atoms with Crippen LogP contribution < -0.4 is 14.8 Å². The first-order chi connectivity index (χ1) is 15.1. The number of hydrogen-bond donors (Lipinski definition) is 0. The van der Waals surface area contributed by atoms with Crippen LogP contribution in [0.4, 0.5) is 5.69 Å². The molecule has 0 bridgehead atoms. The van der Waals surface area contributed by atoms with E-state index in [2.05, 4.69) is 4.98 Å². The van der Waals surface area contributed by atoms with Crippen molar-refractivity contribution in [3.8, 4) is 5.75 Å². The number of benzene rings is 3. The SMILES string of the molecule is O=c1c(=Cc2ccccc2OCc2cccc([N+](=O)[O-])c2)sc2nc3ccccc3n12. The maximum atomic E-state index is 13.0. The number of fused-ring (bicyclic) bond motifs is 3. The molecule has 3 aromatic carbocycles. The van der Waals surface area contributed by atoms with E-state index in [1.807, 2.05) is 48.5 Å². The van der Waals surface area contributed by atoms with Gasteiger partial charge in [-0.3, -0.25) is 14.9 Å². The minimum absolute atomic E-state index is 0.0195. The number of para-hydroxylation sites is 3. The smallest absolute Gasteiger partial charge is 0.274 e. The lowest BCUT2D eigenvalue weighted by Gasteiger charge is -2.09. The van der Waals surface area contributed by atoms with Gasteiger partial charge in [0.2, 0.25) is 0 Å².